The Kier molecular flexibility index (Phi) is 5.30. The quantitative estimate of drug-likeness (QED) is 0.632. The van der Waals surface area contributed by atoms with Crippen LogP contribution >= 0.6 is 11.8 Å². The second kappa shape index (κ2) is 7.06. The van der Waals surface area contributed by atoms with E-state index in [-0.39, 0.29) is 5.70 Å². The van der Waals surface area contributed by atoms with Crippen molar-refractivity contribution in [1.29, 1.82) is 0 Å². The minimum absolute atomic E-state index is 0.0202. The molecule has 0 unspecified atom stereocenters. The number of carboxylic acids is 1. The fraction of sp³-hybridized carbons (Fsp3) is 0.312. The van der Waals surface area contributed by atoms with Crippen LogP contribution in [-0.2, 0) is 14.4 Å². The van der Waals surface area contributed by atoms with Crippen molar-refractivity contribution >= 4 is 28.8 Å². The van der Waals surface area contributed by atoms with Gasteiger partial charge in [-0.15, -0.1) is 0 Å². The van der Waals surface area contributed by atoms with Gasteiger partial charge in [-0.1, -0.05) is 42.1 Å². The number of carboxylic acid groups (broad SMARTS) is 1. The lowest BCUT2D eigenvalue weighted by atomic mass is 10.0. The second-order valence-corrected chi connectivity index (χ2v) is 7.49. The molecule has 0 bridgehead atoms. The Bertz CT molecular complexity index is 688. The van der Waals surface area contributed by atoms with Gasteiger partial charge in [-0.3, -0.25) is 9.59 Å². The molecule has 0 aliphatic carbocycles. The fourth-order valence-corrected chi connectivity index (χ4v) is 3.24. The van der Waals surface area contributed by atoms with Gasteiger partial charge in [0.05, 0.1) is 0 Å². The predicted molar refractivity (Wildman–Crippen MR) is 90.8 cm³/mol. The van der Waals surface area contributed by atoms with E-state index < -0.39 is 33.8 Å². The first-order chi connectivity index (χ1) is 11.2. The van der Waals surface area contributed by atoms with E-state index in [4.69, 9.17) is 5.73 Å². The lowest BCUT2D eigenvalue weighted by Gasteiger charge is -2.27. The largest absolute Gasteiger partial charge is 0.480 e. The molecule has 0 saturated heterocycles. The van der Waals surface area contributed by atoms with Crippen molar-refractivity contribution < 1.29 is 19.5 Å². The van der Waals surface area contributed by atoms with Crippen molar-refractivity contribution in [3.63, 3.8) is 0 Å². The molecule has 0 fully saturated rings. The second-order valence-electron chi connectivity index (χ2n) is 5.87. The molecule has 128 valence electrons. The summed E-state index contributed by atoms with van der Waals surface area (Å²) in [5.41, 5.74) is 6.49. The molecular formula is C16H19N3O4S. The summed E-state index contributed by atoms with van der Waals surface area (Å²) in [7, 11) is 0. The minimum Gasteiger partial charge on any atom is -0.480 e. The number of nitrogens with one attached hydrogen (secondary N) is 2. The van der Waals surface area contributed by atoms with Gasteiger partial charge < -0.3 is 21.5 Å². The third kappa shape index (κ3) is 3.95. The van der Waals surface area contributed by atoms with E-state index in [1.54, 1.807) is 44.2 Å². The fourth-order valence-electron chi connectivity index (χ4n) is 2.26. The van der Waals surface area contributed by atoms with Crippen molar-refractivity contribution in [1.82, 2.24) is 10.6 Å². The first kappa shape index (κ1) is 18.0. The van der Waals surface area contributed by atoms with Gasteiger partial charge in [-0.05, 0) is 19.4 Å². The molecule has 0 radical (unpaired) electrons. The van der Waals surface area contributed by atoms with E-state index in [0.717, 1.165) is 11.8 Å². The summed E-state index contributed by atoms with van der Waals surface area (Å²) >= 11 is 0.852. The number of thioether (sulfide) groups is 1. The number of rotatable bonds is 4. The van der Waals surface area contributed by atoms with Crippen LogP contribution in [-0.4, -0.2) is 32.9 Å². The highest BCUT2D eigenvalue weighted by Gasteiger charge is 2.40. The Morgan fingerprint density at radius 2 is 1.96 bits per heavy atom. The Balaban J connectivity index is 2.15. The van der Waals surface area contributed by atoms with Crippen molar-refractivity contribution in [3.05, 3.63) is 47.8 Å². The third-order valence-electron chi connectivity index (χ3n) is 3.61. The molecule has 1 aliphatic heterocycles. The average Bonchev–Trinajstić information content (AvgIpc) is 2.63. The molecule has 8 heteroatoms. The first-order valence-corrected chi connectivity index (χ1v) is 8.08. The Hall–Kier alpha value is -2.32. The summed E-state index contributed by atoms with van der Waals surface area (Å²) in [6.45, 7) is 3.30. The highest BCUT2D eigenvalue weighted by molar-refractivity contribution is 8.15. The maximum atomic E-state index is 12.3. The molecule has 1 aromatic rings. The van der Waals surface area contributed by atoms with Crippen molar-refractivity contribution in [3.8, 4) is 0 Å². The molecule has 24 heavy (non-hydrogen) atoms. The summed E-state index contributed by atoms with van der Waals surface area (Å²) in [5.74, 6) is -1.63. The highest BCUT2D eigenvalue weighted by Crippen LogP contribution is 2.33. The zero-order valence-electron chi connectivity index (χ0n) is 13.3. The summed E-state index contributed by atoms with van der Waals surface area (Å²) in [6.07, 6.45) is 1.22. The van der Waals surface area contributed by atoms with Crippen LogP contribution in [0.2, 0.25) is 0 Å². The number of hydrogen-bond donors (Lipinski definition) is 4. The van der Waals surface area contributed by atoms with Gasteiger partial charge >= 0.3 is 5.97 Å². The Labute approximate surface area is 143 Å². The van der Waals surface area contributed by atoms with Crippen LogP contribution in [0.3, 0.4) is 0 Å². The van der Waals surface area contributed by atoms with Crippen LogP contribution in [0.5, 0.6) is 0 Å². The molecular weight excluding hydrogens is 330 g/mol. The van der Waals surface area contributed by atoms with Gasteiger partial charge in [-0.2, -0.15) is 0 Å². The smallest absolute Gasteiger partial charge is 0.327 e. The number of carbonyl (C=O) groups is 3. The van der Waals surface area contributed by atoms with Gasteiger partial charge in [0.15, 0.2) is 0 Å². The third-order valence-corrected chi connectivity index (χ3v) is 4.78. The number of hydrogen-bond acceptors (Lipinski definition) is 6. The van der Waals surface area contributed by atoms with E-state index in [2.05, 4.69) is 10.6 Å². The van der Waals surface area contributed by atoms with Crippen LogP contribution in [0.4, 0.5) is 0 Å². The van der Waals surface area contributed by atoms with E-state index in [1.165, 1.54) is 6.20 Å². The summed E-state index contributed by atoms with van der Waals surface area (Å²) in [6, 6.07) is 6.85. The number of nitrogens with two attached hydrogens (primary N) is 1. The molecule has 7 nitrogen and oxygen atoms in total. The monoisotopic (exact) mass is 349 g/mol. The number of benzene rings is 1. The lowest BCUT2D eigenvalue weighted by molar-refractivity contribution is -0.139. The van der Waals surface area contributed by atoms with Crippen LogP contribution in [0.15, 0.2) is 42.2 Å². The van der Waals surface area contributed by atoms with E-state index >= 15 is 0 Å². The summed E-state index contributed by atoms with van der Waals surface area (Å²) in [4.78, 5) is 35.9. The maximum absolute atomic E-state index is 12.3. The number of carbonyl (C=O) groups excluding carboxylic acids is 2. The molecule has 1 aromatic carbocycles. The van der Waals surface area contributed by atoms with Crippen LogP contribution < -0.4 is 16.4 Å². The van der Waals surface area contributed by atoms with Gasteiger partial charge in [0.1, 0.15) is 17.8 Å². The van der Waals surface area contributed by atoms with Crippen molar-refractivity contribution in [2.45, 2.75) is 30.7 Å². The molecule has 1 amide bonds. The first-order valence-electron chi connectivity index (χ1n) is 7.26. The standard InChI is InChI=1S/C16H19N3O4S/c1-16(2)12(14(21)22)18-8-10(15(23)24-16)19-13(20)11(17)9-6-4-3-5-7-9/h3-8,11-12,18H,17H2,1-2H3,(H,19,20)(H,21,22)/t11-,12+/m1/s1. The molecule has 2 rings (SSSR count). The molecule has 2 atom stereocenters. The van der Waals surface area contributed by atoms with Gasteiger partial charge in [0, 0.05) is 10.9 Å². The van der Waals surface area contributed by atoms with E-state index in [0.29, 0.717) is 5.56 Å². The molecule has 1 heterocycles. The number of amides is 1. The van der Waals surface area contributed by atoms with Crippen LogP contribution in [0, 0.1) is 0 Å². The van der Waals surface area contributed by atoms with Gasteiger partial charge in [0.25, 0.3) is 0 Å². The van der Waals surface area contributed by atoms with Crippen molar-refractivity contribution in [2.24, 2.45) is 5.73 Å². The molecule has 0 saturated carbocycles. The van der Waals surface area contributed by atoms with Crippen molar-refractivity contribution in [2.75, 3.05) is 0 Å². The molecule has 0 aromatic heterocycles. The zero-order chi connectivity index (χ0) is 17.9. The van der Waals surface area contributed by atoms with Gasteiger partial charge in [-0.25, -0.2) is 4.79 Å². The van der Waals surface area contributed by atoms with E-state index in [9.17, 15) is 19.5 Å². The maximum Gasteiger partial charge on any atom is 0.327 e. The summed E-state index contributed by atoms with van der Waals surface area (Å²) < 4.78 is -0.882. The SMILES string of the molecule is CC1(C)SC(=O)C(NC(=O)[C@H](N)c2ccccc2)=CN[C@H]1C(=O)O. The normalized spacial score (nSPS) is 21.0. The Morgan fingerprint density at radius 3 is 2.54 bits per heavy atom. The average molecular weight is 349 g/mol. The molecule has 0 spiro atoms. The van der Waals surface area contributed by atoms with Crippen LogP contribution in [0.25, 0.3) is 0 Å². The topological polar surface area (TPSA) is 122 Å². The Morgan fingerprint density at radius 1 is 1.33 bits per heavy atom. The molecule has 1 aliphatic rings. The number of aliphatic carboxylic acids is 1. The zero-order valence-corrected chi connectivity index (χ0v) is 14.1. The summed E-state index contributed by atoms with van der Waals surface area (Å²) in [5, 5.41) is 14.0. The van der Waals surface area contributed by atoms with E-state index in [1.807, 2.05) is 0 Å². The minimum atomic E-state index is -1.08. The lowest BCUT2D eigenvalue weighted by Crippen LogP contribution is -2.47. The molecule has 5 N–H and O–H groups in total. The highest BCUT2D eigenvalue weighted by atomic mass is 32.2. The van der Waals surface area contributed by atoms with Gasteiger partial charge in [0.2, 0.25) is 11.0 Å². The van der Waals surface area contributed by atoms with Crippen LogP contribution in [0.1, 0.15) is 25.5 Å². The predicted octanol–water partition coefficient (Wildman–Crippen LogP) is 0.739.